The van der Waals surface area contributed by atoms with Gasteiger partial charge in [0.15, 0.2) is 0 Å². The van der Waals surface area contributed by atoms with Crippen LogP contribution in [0.4, 0.5) is 5.69 Å². The summed E-state index contributed by atoms with van der Waals surface area (Å²) < 4.78 is 10.4. The summed E-state index contributed by atoms with van der Waals surface area (Å²) in [7, 11) is 3.31. The van der Waals surface area contributed by atoms with Gasteiger partial charge in [0.05, 0.1) is 26.4 Å². The molecule has 0 saturated heterocycles. The molecular weight excluding hydrogens is 266 g/mol. The summed E-state index contributed by atoms with van der Waals surface area (Å²) in [5, 5.41) is 13.0. The van der Waals surface area contributed by atoms with Crippen molar-refractivity contribution < 1.29 is 14.6 Å². The molecule has 1 unspecified atom stereocenters. The average molecular weight is 287 g/mol. The molecule has 0 spiro atoms. The number of rotatable bonds is 7. The van der Waals surface area contributed by atoms with E-state index >= 15 is 0 Å². The first-order chi connectivity index (χ1) is 10.3. The Labute approximate surface area is 125 Å². The molecule has 0 saturated carbocycles. The monoisotopic (exact) mass is 287 g/mol. The normalized spacial score (nSPS) is 12.0. The Balaban J connectivity index is 2.19. The zero-order chi connectivity index (χ0) is 15.1. The van der Waals surface area contributed by atoms with Gasteiger partial charge in [-0.15, -0.1) is 0 Å². The number of hydrogen-bond acceptors (Lipinski definition) is 4. The minimum Gasteiger partial charge on any atom is -0.497 e. The van der Waals surface area contributed by atoms with Crippen molar-refractivity contribution in [2.75, 3.05) is 26.1 Å². The largest absolute Gasteiger partial charge is 0.497 e. The highest BCUT2D eigenvalue weighted by Crippen LogP contribution is 2.24. The number of aliphatic hydroxyl groups excluding tert-OH is 1. The second kappa shape index (κ2) is 7.67. The Kier molecular flexibility index (Phi) is 5.60. The molecule has 0 aliphatic rings. The molecule has 0 fully saturated rings. The van der Waals surface area contributed by atoms with Crippen molar-refractivity contribution in [3.8, 4) is 5.75 Å². The molecule has 112 valence electrons. The summed E-state index contributed by atoms with van der Waals surface area (Å²) in [6, 6.07) is 15.4. The van der Waals surface area contributed by atoms with E-state index in [0.29, 0.717) is 6.61 Å². The van der Waals surface area contributed by atoms with E-state index in [1.807, 2.05) is 48.5 Å². The van der Waals surface area contributed by atoms with Crippen LogP contribution in [-0.4, -0.2) is 25.9 Å². The van der Waals surface area contributed by atoms with Gasteiger partial charge in [-0.3, -0.25) is 0 Å². The Hall–Kier alpha value is -2.04. The molecule has 2 rings (SSSR count). The van der Waals surface area contributed by atoms with Gasteiger partial charge in [-0.25, -0.2) is 0 Å². The number of hydrogen-bond donors (Lipinski definition) is 2. The first-order valence-electron chi connectivity index (χ1n) is 6.86. The molecule has 4 heteroatoms. The average Bonchev–Trinajstić information content (AvgIpc) is 2.54. The van der Waals surface area contributed by atoms with Gasteiger partial charge >= 0.3 is 0 Å². The lowest BCUT2D eigenvalue weighted by Gasteiger charge is -2.21. The number of ether oxygens (including phenoxy) is 2. The standard InChI is InChI=1S/C17H21NO3/c1-20-12-13-5-3-4-6-16(13)17(11-19)18-14-7-9-15(21-2)10-8-14/h3-10,17-19H,11-12H2,1-2H3. The predicted octanol–water partition coefficient (Wildman–Crippen LogP) is 2.99. The van der Waals surface area contributed by atoms with Gasteiger partial charge in [0.2, 0.25) is 0 Å². The smallest absolute Gasteiger partial charge is 0.119 e. The molecular formula is C17H21NO3. The fourth-order valence-corrected chi connectivity index (χ4v) is 2.27. The first kappa shape index (κ1) is 15.4. The summed E-state index contributed by atoms with van der Waals surface area (Å²) >= 11 is 0. The quantitative estimate of drug-likeness (QED) is 0.822. The maximum atomic E-state index is 9.71. The van der Waals surface area contributed by atoms with Crippen molar-refractivity contribution in [1.29, 1.82) is 0 Å². The van der Waals surface area contributed by atoms with Crippen LogP contribution in [-0.2, 0) is 11.3 Å². The van der Waals surface area contributed by atoms with Gasteiger partial charge < -0.3 is 19.9 Å². The third-order valence-corrected chi connectivity index (χ3v) is 3.34. The number of methoxy groups -OCH3 is 2. The van der Waals surface area contributed by atoms with Gasteiger partial charge in [-0.05, 0) is 35.4 Å². The molecule has 4 nitrogen and oxygen atoms in total. The van der Waals surface area contributed by atoms with Gasteiger partial charge in [-0.2, -0.15) is 0 Å². The van der Waals surface area contributed by atoms with Crippen molar-refractivity contribution in [1.82, 2.24) is 0 Å². The van der Waals surface area contributed by atoms with Crippen molar-refractivity contribution in [3.05, 3.63) is 59.7 Å². The Bertz CT molecular complexity index is 554. The Morgan fingerprint density at radius 1 is 1.05 bits per heavy atom. The van der Waals surface area contributed by atoms with E-state index in [2.05, 4.69) is 5.32 Å². The maximum Gasteiger partial charge on any atom is 0.119 e. The third kappa shape index (κ3) is 3.97. The van der Waals surface area contributed by atoms with Crippen molar-refractivity contribution >= 4 is 5.69 Å². The molecule has 0 aliphatic heterocycles. The maximum absolute atomic E-state index is 9.71. The fraction of sp³-hybridized carbons (Fsp3) is 0.294. The van der Waals surface area contributed by atoms with E-state index in [9.17, 15) is 5.11 Å². The van der Waals surface area contributed by atoms with E-state index in [0.717, 1.165) is 22.6 Å². The van der Waals surface area contributed by atoms with E-state index in [1.54, 1.807) is 14.2 Å². The van der Waals surface area contributed by atoms with E-state index < -0.39 is 0 Å². The topological polar surface area (TPSA) is 50.7 Å². The van der Waals surface area contributed by atoms with Crippen LogP contribution in [0, 0.1) is 0 Å². The van der Waals surface area contributed by atoms with Crippen LogP contribution < -0.4 is 10.1 Å². The number of benzene rings is 2. The highest BCUT2D eigenvalue weighted by Gasteiger charge is 2.14. The lowest BCUT2D eigenvalue weighted by Crippen LogP contribution is -2.16. The minimum absolute atomic E-state index is 0.00670. The second-order valence-corrected chi connectivity index (χ2v) is 4.74. The van der Waals surface area contributed by atoms with Crippen LogP contribution in [0.3, 0.4) is 0 Å². The van der Waals surface area contributed by atoms with Gasteiger partial charge in [-0.1, -0.05) is 24.3 Å². The van der Waals surface area contributed by atoms with Gasteiger partial charge in [0.25, 0.3) is 0 Å². The molecule has 0 amide bonds. The van der Waals surface area contributed by atoms with Gasteiger partial charge in [0.1, 0.15) is 5.75 Å². The summed E-state index contributed by atoms with van der Waals surface area (Å²) in [6.07, 6.45) is 0. The highest BCUT2D eigenvalue weighted by atomic mass is 16.5. The highest BCUT2D eigenvalue weighted by molar-refractivity contribution is 5.49. The third-order valence-electron chi connectivity index (χ3n) is 3.34. The lowest BCUT2D eigenvalue weighted by molar-refractivity contribution is 0.183. The summed E-state index contributed by atoms with van der Waals surface area (Å²) in [5.41, 5.74) is 3.04. The number of aliphatic hydroxyl groups is 1. The van der Waals surface area contributed by atoms with Crippen molar-refractivity contribution in [3.63, 3.8) is 0 Å². The van der Waals surface area contributed by atoms with Crippen LogP contribution in [0.5, 0.6) is 5.75 Å². The summed E-state index contributed by atoms with van der Waals surface area (Å²) in [4.78, 5) is 0. The molecule has 2 N–H and O–H groups in total. The molecule has 0 aliphatic carbocycles. The van der Waals surface area contributed by atoms with E-state index in [-0.39, 0.29) is 12.6 Å². The zero-order valence-electron chi connectivity index (χ0n) is 12.4. The van der Waals surface area contributed by atoms with E-state index in [1.165, 1.54) is 0 Å². The lowest BCUT2D eigenvalue weighted by atomic mass is 10.0. The predicted molar refractivity (Wildman–Crippen MR) is 83.6 cm³/mol. The molecule has 2 aromatic carbocycles. The van der Waals surface area contributed by atoms with Crippen LogP contribution in [0.15, 0.2) is 48.5 Å². The number of anilines is 1. The van der Waals surface area contributed by atoms with Crippen LogP contribution in [0.25, 0.3) is 0 Å². The van der Waals surface area contributed by atoms with Crippen molar-refractivity contribution in [2.24, 2.45) is 0 Å². The van der Waals surface area contributed by atoms with Gasteiger partial charge in [0, 0.05) is 12.8 Å². The molecule has 0 aromatic heterocycles. The molecule has 0 radical (unpaired) electrons. The molecule has 0 heterocycles. The van der Waals surface area contributed by atoms with Crippen molar-refractivity contribution in [2.45, 2.75) is 12.6 Å². The number of nitrogens with one attached hydrogen (secondary N) is 1. The van der Waals surface area contributed by atoms with Crippen LogP contribution in [0.2, 0.25) is 0 Å². The zero-order valence-corrected chi connectivity index (χ0v) is 12.4. The van der Waals surface area contributed by atoms with E-state index in [4.69, 9.17) is 9.47 Å². The minimum atomic E-state index is -0.176. The molecule has 0 bridgehead atoms. The Morgan fingerprint density at radius 3 is 2.38 bits per heavy atom. The molecule has 2 aromatic rings. The van der Waals surface area contributed by atoms with Crippen LogP contribution in [0.1, 0.15) is 17.2 Å². The first-order valence-corrected chi connectivity index (χ1v) is 6.86. The molecule has 21 heavy (non-hydrogen) atoms. The van der Waals surface area contributed by atoms with Crippen LogP contribution >= 0.6 is 0 Å². The SMILES string of the molecule is COCc1ccccc1C(CO)Nc1ccc(OC)cc1. The summed E-state index contributed by atoms with van der Waals surface area (Å²) in [5.74, 6) is 0.806. The second-order valence-electron chi connectivity index (χ2n) is 4.74. The molecule has 1 atom stereocenters. The Morgan fingerprint density at radius 2 is 1.76 bits per heavy atom. The summed E-state index contributed by atoms with van der Waals surface area (Å²) in [6.45, 7) is 0.531. The fourth-order valence-electron chi connectivity index (χ4n) is 2.27.